The van der Waals surface area contributed by atoms with Crippen LogP contribution in [0.2, 0.25) is 0 Å². The van der Waals surface area contributed by atoms with Gasteiger partial charge in [0.1, 0.15) is 11.4 Å². The van der Waals surface area contributed by atoms with Gasteiger partial charge in [-0.1, -0.05) is 12.1 Å². The number of ether oxygens (including phenoxy) is 1. The lowest BCUT2D eigenvalue weighted by Gasteiger charge is -2.38. The summed E-state index contributed by atoms with van der Waals surface area (Å²) in [6, 6.07) is 12.0. The Morgan fingerprint density at radius 3 is 2.43 bits per heavy atom. The normalized spacial score (nSPS) is 21.0. The number of fused-ring (bicyclic) bond motifs is 1. The molecule has 7 heteroatoms. The van der Waals surface area contributed by atoms with Crippen LogP contribution in [-0.2, 0) is 10.0 Å². The summed E-state index contributed by atoms with van der Waals surface area (Å²) in [6.07, 6.45) is 2.43. The Labute approximate surface area is 178 Å². The Balaban J connectivity index is 1.53. The number of nitrogens with one attached hydrogen (secondary N) is 1. The van der Waals surface area contributed by atoms with E-state index in [1.807, 2.05) is 39.0 Å². The Bertz CT molecular complexity index is 1060. The van der Waals surface area contributed by atoms with Crippen molar-refractivity contribution in [2.75, 3.05) is 13.1 Å². The van der Waals surface area contributed by atoms with Gasteiger partial charge in [0.05, 0.1) is 10.9 Å². The van der Waals surface area contributed by atoms with Crippen LogP contribution in [0.15, 0.2) is 47.4 Å². The number of hydrogen-bond donors (Lipinski definition) is 1. The van der Waals surface area contributed by atoms with Gasteiger partial charge in [-0.05, 0) is 69.5 Å². The Morgan fingerprint density at radius 1 is 1.10 bits per heavy atom. The lowest BCUT2D eigenvalue weighted by Crippen LogP contribution is -2.41. The van der Waals surface area contributed by atoms with Gasteiger partial charge in [0.25, 0.3) is 5.91 Å². The highest BCUT2D eigenvalue weighted by molar-refractivity contribution is 7.89. The van der Waals surface area contributed by atoms with Crippen LogP contribution in [0.25, 0.3) is 0 Å². The van der Waals surface area contributed by atoms with E-state index in [1.54, 1.807) is 12.1 Å². The zero-order valence-electron chi connectivity index (χ0n) is 17.6. The topological polar surface area (TPSA) is 75.7 Å². The smallest absolute Gasteiger partial charge is 0.251 e. The SMILES string of the molecule is Cc1ccc2c(c1)OC(C)(C)CC2NC(=O)c1ccc(S(=O)(=O)N2CCCC2)cc1. The van der Waals surface area contributed by atoms with Gasteiger partial charge in [0.15, 0.2) is 0 Å². The van der Waals surface area contributed by atoms with Crippen molar-refractivity contribution in [2.24, 2.45) is 0 Å². The number of amides is 1. The molecule has 1 N–H and O–H groups in total. The average molecular weight is 429 g/mol. The van der Waals surface area contributed by atoms with Crippen molar-refractivity contribution in [1.29, 1.82) is 0 Å². The maximum atomic E-state index is 12.9. The van der Waals surface area contributed by atoms with E-state index in [2.05, 4.69) is 5.32 Å². The molecule has 1 fully saturated rings. The van der Waals surface area contributed by atoms with Crippen molar-refractivity contribution in [1.82, 2.24) is 9.62 Å². The fourth-order valence-corrected chi connectivity index (χ4v) is 5.70. The van der Waals surface area contributed by atoms with Gasteiger partial charge < -0.3 is 10.1 Å². The fraction of sp³-hybridized carbons (Fsp3) is 0.435. The van der Waals surface area contributed by atoms with Gasteiger partial charge in [-0.3, -0.25) is 4.79 Å². The summed E-state index contributed by atoms with van der Waals surface area (Å²) in [5.74, 6) is 0.568. The minimum atomic E-state index is -3.48. The molecule has 160 valence electrons. The minimum Gasteiger partial charge on any atom is -0.487 e. The van der Waals surface area contributed by atoms with Crippen LogP contribution < -0.4 is 10.1 Å². The van der Waals surface area contributed by atoms with E-state index < -0.39 is 15.6 Å². The summed E-state index contributed by atoms with van der Waals surface area (Å²) in [7, 11) is -3.48. The Kier molecular flexibility index (Phi) is 5.36. The van der Waals surface area contributed by atoms with Gasteiger partial charge in [-0.2, -0.15) is 4.31 Å². The molecule has 0 spiro atoms. The molecule has 2 aromatic rings. The molecule has 1 amide bonds. The van der Waals surface area contributed by atoms with Gasteiger partial charge in [0, 0.05) is 30.6 Å². The second-order valence-electron chi connectivity index (χ2n) is 8.77. The average Bonchev–Trinajstić information content (AvgIpc) is 3.22. The highest BCUT2D eigenvalue weighted by Crippen LogP contribution is 2.40. The van der Waals surface area contributed by atoms with Crippen molar-refractivity contribution in [3.05, 3.63) is 59.2 Å². The minimum absolute atomic E-state index is 0.176. The molecular formula is C23H28N2O4S. The van der Waals surface area contributed by atoms with Crippen molar-refractivity contribution < 1.29 is 17.9 Å². The Hall–Kier alpha value is -2.38. The lowest BCUT2D eigenvalue weighted by atomic mass is 9.89. The zero-order valence-corrected chi connectivity index (χ0v) is 18.5. The summed E-state index contributed by atoms with van der Waals surface area (Å²) in [5.41, 5.74) is 2.10. The molecule has 1 saturated heterocycles. The number of carbonyl (C=O) groups is 1. The van der Waals surface area contributed by atoms with Crippen LogP contribution in [0.3, 0.4) is 0 Å². The van der Waals surface area contributed by atoms with E-state index in [0.717, 1.165) is 29.7 Å². The maximum Gasteiger partial charge on any atom is 0.251 e. The van der Waals surface area contributed by atoms with Crippen molar-refractivity contribution in [2.45, 2.75) is 56.6 Å². The highest BCUT2D eigenvalue weighted by atomic mass is 32.2. The van der Waals surface area contributed by atoms with Crippen molar-refractivity contribution in [3.8, 4) is 5.75 Å². The second-order valence-corrected chi connectivity index (χ2v) is 10.7. The number of sulfonamides is 1. The predicted octanol–water partition coefficient (Wildman–Crippen LogP) is 3.81. The first kappa shape index (κ1) is 20.9. The third-order valence-corrected chi connectivity index (χ3v) is 7.66. The fourth-order valence-electron chi connectivity index (χ4n) is 4.18. The van der Waals surface area contributed by atoms with E-state index in [0.29, 0.717) is 25.1 Å². The van der Waals surface area contributed by atoms with E-state index in [-0.39, 0.29) is 16.8 Å². The largest absolute Gasteiger partial charge is 0.487 e. The summed E-state index contributed by atoms with van der Waals surface area (Å²) in [4.78, 5) is 13.1. The molecule has 30 heavy (non-hydrogen) atoms. The van der Waals surface area contributed by atoms with Crippen LogP contribution in [0.1, 0.15) is 60.6 Å². The second kappa shape index (κ2) is 7.71. The van der Waals surface area contributed by atoms with Crippen LogP contribution in [0.4, 0.5) is 0 Å². The Morgan fingerprint density at radius 2 is 1.77 bits per heavy atom. The molecule has 2 aliphatic rings. The molecular weight excluding hydrogens is 400 g/mol. The number of rotatable bonds is 4. The zero-order chi connectivity index (χ0) is 21.5. The third kappa shape index (κ3) is 4.09. The predicted molar refractivity (Wildman–Crippen MR) is 115 cm³/mol. The summed E-state index contributed by atoms with van der Waals surface area (Å²) < 4.78 is 33.0. The van der Waals surface area contributed by atoms with Gasteiger partial charge in [0.2, 0.25) is 10.0 Å². The van der Waals surface area contributed by atoms with E-state index >= 15 is 0 Å². The van der Waals surface area contributed by atoms with Crippen molar-refractivity contribution in [3.63, 3.8) is 0 Å². The standard InChI is InChI=1S/C23H28N2O4S/c1-16-6-11-19-20(15-23(2,3)29-21(19)14-16)24-22(26)17-7-9-18(10-8-17)30(27,28)25-12-4-5-13-25/h6-11,14,20H,4-5,12-13,15H2,1-3H3,(H,24,26). The van der Waals surface area contributed by atoms with Crippen LogP contribution >= 0.6 is 0 Å². The van der Waals surface area contributed by atoms with Gasteiger partial charge >= 0.3 is 0 Å². The van der Waals surface area contributed by atoms with E-state index in [1.165, 1.54) is 16.4 Å². The first-order chi connectivity index (χ1) is 14.2. The highest BCUT2D eigenvalue weighted by Gasteiger charge is 2.35. The van der Waals surface area contributed by atoms with E-state index in [4.69, 9.17) is 4.74 Å². The molecule has 2 heterocycles. The molecule has 0 aliphatic carbocycles. The van der Waals surface area contributed by atoms with Crippen molar-refractivity contribution >= 4 is 15.9 Å². The van der Waals surface area contributed by atoms with Crippen LogP contribution in [0.5, 0.6) is 5.75 Å². The molecule has 2 aliphatic heterocycles. The number of aryl methyl sites for hydroxylation is 1. The number of hydrogen-bond acceptors (Lipinski definition) is 4. The maximum absolute atomic E-state index is 12.9. The lowest BCUT2D eigenvalue weighted by molar-refractivity contribution is 0.0619. The molecule has 4 rings (SSSR count). The molecule has 2 aromatic carbocycles. The van der Waals surface area contributed by atoms with Gasteiger partial charge in [-0.25, -0.2) is 8.42 Å². The van der Waals surface area contributed by atoms with Crippen LogP contribution in [0, 0.1) is 6.92 Å². The summed E-state index contributed by atoms with van der Waals surface area (Å²) in [5, 5.41) is 3.10. The molecule has 0 bridgehead atoms. The molecule has 6 nitrogen and oxygen atoms in total. The first-order valence-corrected chi connectivity index (χ1v) is 11.8. The molecule has 1 atom stereocenters. The van der Waals surface area contributed by atoms with E-state index in [9.17, 15) is 13.2 Å². The molecule has 0 radical (unpaired) electrons. The number of benzene rings is 2. The summed E-state index contributed by atoms with van der Waals surface area (Å²) >= 11 is 0. The molecule has 0 saturated carbocycles. The summed E-state index contributed by atoms with van der Waals surface area (Å²) in [6.45, 7) is 7.15. The first-order valence-electron chi connectivity index (χ1n) is 10.4. The number of carbonyl (C=O) groups excluding carboxylic acids is 1. The monoisotopic (exact) mass is 428 g/mol. The third-order valence-electron chi connectivity index (χ3n) is 5.75. The quantitative estimate of drug-likeness (QED) is 0.803. The molecule has 1 unspecified atom stereocenters. The number of nitrogens with zero attached hydrogens (tertiary/aromatic N) is 1. The van der Waals surface area contributed by atoms with Crippen LogP contribution in [-0.4, -0.2) is 37.3 Å². The van der Waals surface area contributed by atoms with Gasteiger partial charge in [-0.15, -0.1) is 0 Å². The molecule has 0 aromatic heterocycles.